The van der Waals surface area contributed by atoms with Crippen LogP contribution in [0.2, 0.25) is 0 Å². The average Bonchev–Trinajstić information content (AvgIpc) is 3.29. The average molecular weight is 347 g/mol. The highest BCUT2D eigenvalue weighted by Gasteiger charge is 2.34. The standard InChI is InChI=1S/C19H26FN3O2/c20-15-7-5-14(6-8-15)18-4-2-10-23(18)19(24)21-11-17-12-22-9-1-3-16(22)13-25-17/h5-8,16-18H,1-4,9-13H2,(H,21,24)/t16-,17+,18-/m0/s1. The Kier molecular flexibility index (Phi) is 4.90. The molecular formula is C19H26FN3O2. The smallest absolute Gasteiger partial charge is 0.318 e. The lowest BCUT2D eigenvalue weighted by Gasteiger charge is -2.35. The van der Waals surface area contributed by atoms with E-state index >= 15 is 0 Å². The number of ether oxygens (including phenoxy) is 1. The van der Waals surface area contributed by atoms with E-state index in [0.717, 1.165) is 44.6 Å². The molecule has 3 aliphatic rings. The molecule has 0 unspecified atom stereocenters. The minimum absolute atomic E-state index is 0.0378. The Morgan fingerprint density at radius 3 is 2.84 bits per heavy atom. The summed E-state index contributed by atoms with van der Waals surface area (Å²) in [4.78, 5) is 17.0. The normalized spacial score (nSPS) is 29.6. The van der Waals surface area contributed by atoms with Crippen molar-refractivity contribution < 1.29 is 13.9 Å². The van der Waals surface area contributed by atoms with Crippen molar-refractivity contribution in [2.45, 2.75) is 43.9 Å². The third kappa shape index (κ3) is 3.65. The number of rotatable bonds is 3. The number of morpholine rings is 1. The molecule has 1 aromatic rings. The van der Waals surface area contributed by atoms with Crippen molar-refractivity contribution in [3.8, 4) is 0 Å². The van der Waals surface area contributed by atoms with Crippen molar-refractivity contribution in [2.24, 2.45) is 0 Å². The van der Waals surface area contributed by atoms with Gasteiger partial charge in [-0.3, -0.25) is 4.90 Å². The van der Waals surface area contributed by atoms with Gasteiger partial charge in [0.1, 0.15) is 5.82 Å². The summed E-state index contributed by atoms with van der Waals surface area (Å²) in [5.74, 6) is -0.243. The lowest BCUT2D eigenvalue weighted by Crippen LogP contribution is -2.51. The van der Waals surface area contributed by atoms with Gasteiger partial charge in [-0.15, -0.1) is 0 Å². The fraction of sp³-hybridized carbons (Fsp3) is 0.632. The van der Waals surface area contributed by atoms with Gasteiger partial charge in [-0.1, -0.05) is 12.1 Å². The van der Waals surface area contributed by atoms with Gasteiger partial charge in [-0.25, -0.2) is 9.18 Å². The first-order chi connectivity index (χ1) is 12.2. The van der Waals surface area contributed by atoms with Crippen molar-refractivity contribution in [3.05, 3.63) is 35.6 Å². The Hall–Kier alpha value is -1.66. The molecule has 1 aromatic carbocycles. The number of fused-ring (bicyclic) bond motifs is 1. The number of hydrogen-bond acceptors (Lipinski definition) is 3. The molecular weight excluding hydrogens is 321 g/mol. The van der Waals surface area contributed by atoms with E-state index in [1.165, 1.54) is 25.0 Å². The highest BCUT2D eigenvalue weighted by Crippen LogP contribution is 2.32. The molecule has 3 atom stereocenters. The first-order valence-electron chi connectivity index (χ1n) is 9.36. The molecule has 0 spiro atoms. The lowest BCUT2D eigenvalue weighted by molar-refractivity contribution is -0.0461. The van der Waals surface area contributed by atoms with Crippen LogP contribution in [0.1, 0.15) is 37.3 Å². The van der Waals surface area contributed by atoms with E-state index in [1.54, 1.807) is 12.1 Å². The molecule has 0 aromatic heterocycles. The van der Waals surface area contributed by atoms with E-state index in [-0.39, 0.29) is 24.0 Å². The Morgan fingerprint density at radius 1 is 1.20 bits per heavy atom. The number of likely N-dealkylation sites (tertiary alicyclic amines) is 1. The summed E-state index contributed by atoms with van der Waals surface area (Å²) in [6, 6.07) is 7.06. The van der Waals surface area contributed by atoms with Gasteiger partial charge in [0.2, 0.25) is 0 Å². The van der Waals surface area contributed by atoms with Crippen LogP contribution in [0.25, 0.3) is 0 Å². The molecule has 3 aliphatic heterocycles. The van der Waals surface area contributed by atoms with Gasteiger partial charge in [-0.05, 0) is 49.9 Å². The minimum Gasteiger partial charge on any atom is -0.373 e. The zero-order chi connectivity index (χ0) is 17.2. The SMILES string of the molecule is O=C(NC[C@@H]1CN2CCC[C@H]2CO1)N1CCC[C@H]1c1ccc(F)cc1. The number of urea groups is 1. The Labute approximate surface area is 148 Å². The molecule has 4 rings (SSSR count). The topological polar surface area (TPSA) is 44.8 Å². The molecule has 5 nitrogen and oxygen atoms in total. The number of benzene rings is 1. The monoisotopic (exact) mass is 347 g/mol. The molecule has 136 valence electrons. The molecule has 0 aliphatic carbocycles. The lowest BCUT2D eigenvalue weighted by atomic mass is 10.0. The number of hydrogen-bond donors (Lipinski definition) is 1. The molecule has 3 heterocycles. The predicted molar refractivity (Wildman–Crippen MR) is 92.8 cm³/mol. The summed E-state index contributed by atoms with van der Waals surface area (Å²) >= 11 is 0. The van der Waals surface area contributed by atoms with Crippen LogP contribution in [-0.4, -0.2) is 60.8 Å². The van der Waals surface area contributed by atoms with E-state index in [9.17, 15) is 9.18 Å². The molecule has 1 N–H and O–H groups in total. The first kappa shape index (κ1) is 16.8. The highest BCUT2D eigenvalue weighted by atomic mass is 19.1. The Bertz CT molecular complexity index is 609. The fourth-order valence-electron chi connectivity index (χ4n) is 4.35. The van der Waals surface area contributed by atoms with Crippen LogP contribution in [0.15, 0.2) is 24.3 Å². The van der Waals surface area contributed by atoms with Crippen LogP contribution in [-0.2, 0) is 4.74 Å². The van der Waals surface area contributed by atoms with Gasteiger partial charge >= 0.3 is 6.03 Å². The van der Waals surface area contributed by atoms with Crippen LogP contribution < -0.4 is 5.32 Å². The number of nitrogens with zero attached hydrogens (tertiary/aromatic N) is 2. The molecule has 3 saturated heterocycles. The Morgan fingerprint density at radius 2 is 2.00 bits per heavy atom. The van der Waals surface area contributed by atoms with E-state index in [2.05, 4.69) is 10.2 Å². The number of halogens is 1. The minimum atomic E-state index is -0.243. The van der Waals surface area contributed by atoms with Crippen molar-refractivity contribution in [2.75, 3.05) is 32.8 Å². The predicted octanol–water partition coefficient (Wildman–Crippen LogP) is 2.54. The Balaban J connectivity index is 1.32. The summed E-state index contributed by atoms with van der Waals surface area (Å²) in [5.41, 5.74) is 1.00. The summed E-state index contributed by atoms with van der Waals surface area (Å²) in [6.45, 7) is 4.13. The molecule has 0 saturated carbocycles. The summed E-state index contributed by atoms with van der Waals surface area (Å²) in [6.07, 6.45) is 4.45. The van der Waals surface area contributed by atoms with Crippen LogP contribution in [0.5, 0.6) is 0 Å². The van der Waals surface area contributed by atoms with E-state index in [0.29, 0.717) is 12.6 Å². The molecule has 2 amide bonds. The molecule has 0 bridgehead atoms. The largest absolute Gasteiger partial charge is 0.373 e. The van der Waals surface area contributed by atoms with Crippen molar-refractivity contribution in [1.82, 2.24) is 15.1 Å². The maximum atomic E-state index is 13.1. The fourth-order valence-corrected chi connectivity index (χ4v) is 4.35. The number of nitrogens with one attached hydrogen (secondary N) is 1. The summed E-state index contributed by atoms with van der Waals surface area (Å²) in [7, 11) is 0. The van der Waals surface area contributed by atoms with Gasteiger partial charge < -0.3 is 15.0 Å². The van der Waals surface area contributed by atoms with E-state index in [1.807, 2.05) is 4.90 Å². The van der Waals surface area contributed by atoms with Gasteiger partial charge in [0.05, 0.1) is 18.8 Å². The quantitative estimate of drug-likeness (QED) is 0.914. The van der Waals surface area contributed by atoms with Crippen LogP contribution in [0.4, 0.5) is 9.18 Å². The van der Waals surface area contributed by atoms with E-state index in [4.69, 9.17) is 4.74 Å². The highest BCUT2D eigenvalue weighted by molar-refractivity contribution is 5.75. The maximum absolute atomic E-state index is 13.1. The van der Waals surface area contributed by atoms with Gasteiger partial charge in [0, 0.05) is 25.7 Å². The summed E-state index contributed by atoms with van der Waals surface area (Å²) < 4.78 is 19.1. The van der Waals surface area contributed by atoms with Crippen molar-refractivity contribution >= 4 is 6.03 Å². The molecule has 25 heavy (non-hydrogen) atoms. The van der Waals surface area contributed by atoms with Crippen LogP contribution >= 0.6 is 0 Å². The van der Waals surface area contributed by atoms with Gasteiger partial charge in [0.25, 0.3) is 0 Å². The summed E-state index contributed by atoms with van der Waals surface area (Å²) in [5, 5.41) is 3.05. The number of carbonyl (C=O) groups is 1. The molecule has 0 radical (unpaired) electrons. The van der Waals surface area contributed by atoms with Gasteiger partial charge in [-0.2, -0.15) is 0 Å². The van der Waals surface area contributed by atoms with Crippen LogP contribution in [0, 0.1) is 5.82 Å². The zero-order valence-corrected chi connectivity index (χ0v) is 14.5. The third-order valence-corrected chi connectivity index (χ3v) is 5.71. The van der Waals surface area contributed by atoms with E-state index < -0.39 is 0 Å². The van der Waals surface area contributed by atoms with Crippen molar-refractivity contribution in [1.29, 1.82) is 0 Å². The van der Waals surface area contributed by atoms with Crippen molar-refractivity contribution in [3.63, 3.8) is 0 Å². The second-order valence-corrected chi connectivity index (χ2v) is 7.34. The second kappa shape index (κ2) is 7.30. The number of carbonyl (C=O) groups excluding carboxylic acids is 1. The third-order valence-electron chi connectivity index (χ3n) is 5.71. The zero-order valence-electron chi connectivity index (χ0n) is 14.5. The molecule has 3 fully saturated rings. The van der Waals surface area contributed by atoms with Gasteiger partial charge in [0.15, 0.2) is 0 Å². The number of amides is 2. The van der Waals surface area contributed by atoms with Crippen LogP contribution in [0.3, 0.4) is 0 Å². The first-order valence-corrected chi connectivity index (χ1v) is 9.36. The maximum Gasteiger partial charge on any atom is 0.318 e. The molecule has 6 heteroatoms. The second-order valence-electron chi connectivity index (χ2n) is 7.34.